The quantitative estimate of drug-likeness (QED) is 0.311. The lowest BCUT2D eigenvalue weighted by atomic mass is 9.98. The molecule has 5 rings (SSSR count). The molecule has 0 radical (unpaired) electrons. The van der Waals surface area contributed by atoms with E-state index in [2.05, 4.69) is 20.3 Å². The van der Waals surface area contributed by atoms with Crippen LogP contribution in [0.1, 0.15) is 40.3 Å². The molecule has 1 fully saturated rings. The number of para-hydroxylation sites is 2. The third-order valence-electron chi connectivity index (χ3n) is 6.75. The molecule has 1 saturated heterocycles. The van der Waals surface area contributed by atoms with Crippen LogP contribution in [0.5, 0.6) is 5.88 Å². The number of hydrogen-bond donors (Lipinski definition) is 1. The van der Waals surface area contributed by atoms with E-state index in [0.29, 0.717) is 17.8 Å². The summed E-state index contributed by atoms with van der Waals surface area (Å²) in [5.41, 5.74) is 1.53. The number of anilines is 3. The maximum atomic E-state index is 13.7. The average Bonchev–Trinajstić information content (AvgIpc) is 3.50. The number of fused-ring (bicyclic) bond motifs is 1. The van der Waals surface area contributed by atoms with Crippen molar-refractivity contribution in [2.45, 2.75) is 52.6 Å². The van der Waals surface area contributed by atoms with Crippen LogP contribution in [0.25, 0.3) is 11.2 Å². The largest absolute Gasteiger partial charge is 0.457 e. The minimum Gasteiger partial charge on any atom is -0.457 e. The molecule has 0 aliphatic carbocycles. The number of carbonyl (C=O) groups excluding carboxylic acids is 3. The van der Waals surface area contributed by atoms with Gasteiger partial charge in [0.15, 0.2) is 23.5 Å². The van der Waals surface area contributed by atoms with Crippen LogP contribution < -0.4 is 15.0 Å². The first kappa shape index (κ1) is 27.7. The summed E-state index contributed by atoms with van der Waals surface area (Å²) in [6, 6.07) is 18.0. The first-order valence-electron chi connectivity index (χ1n) is 13.2. The van der Waals surface area contributed by atoms with E-state index in [1.807, 2.05) is 50.2 Å². The van der Waals surface area contributed by atoms with Crippen molar-refractivity contribution < 1.29 is 28.6 Å². The zero-order valence-electron chi connectivity index (χ0n) is 23.1. The van der Waals surface area contributed by atoms with Gasteiger partial charge in [0.2, 0.25) is 11.9 Å². The maximum Gasteiger partial charge on any atom is 0.425 e. The van der Waals surface area contributed by atoms with Crippen molar-refractivity contribution in [1.82, 2.24) is 19.5 Å². The number of rotatable bonds is 7. The third kappa shape index (κ3) is 5.73. The standard InChI is InChI=1S/C29H30N6O6/c1-5-22-17(2)24(39-19(4)37)27(40-22)34-16-30-23-25(34)32-28(31-18(3)36)33-26(23)41-29(38)35(20-12-8-6-9-13-20)21-14-10-7-11-15-21/h6-17,22,24,27H,5H2,1-4H3,(H,31,32,33,36)/t17-,22-,24-,27-/m1/s1. The number of nitrogens with one attached hydrogen (secondary N) is 1. The van der Waals surface area contributed by atoms with Crippen molar-refractivity contribution in [1.29, 1.82) is 0 Å². The molecule has 4 aromatic rings. The Hall–Kier alpha value is -4.84. The number of esters is 1. The second kappa shape index (κ2) is 11.7. The molecule has 3 heterocycles. The van der Waals surface area contributed by atoms with Crippen LogP contribution in [0.3, 0.4) is 0 Å². The van der Waals surface area contributed by atoms with Crippen LogP contribution in [0, 0.1) is 5.92 Å². The van der Waals surface area contributed by atoms with E-state index in [4.69, 9.17) is 14.2 Å². The summed E-state index contributed by atoms with van der Waals surface area (Å²) in [5.74, 6) is -1.23. The number of carbonyl (C=O) groups is 3. The van der Waals surface area contributed by atoms with Gasteiger partial charge in [-0.3, -0.25) is 19.5 Å². The minimum atomic E-state index is -0.752. The molecule has 0 unspecified atom stereocenters. The molecule has 1 aliphatic heterocycles. The lowest BCUT2D eigenvalue weighted by Crippen LogP contribution is -2.30. The zero-order valence-corrected chi connectivity index (χ0v) is 23.1. The summed E-state index contributed by atoms with van der Waals surface area (Å²) in [6.07, 6.45) is -0.135. The molecule has 1 N–H and O–H groups in total. The second-order valence-electron chi connectivity index (χ2n) is 9.64. The highest BCUT2D eigenvalue weighted by Crippen LogP contribution is 2.39. The Labute approximate surface area is 236 Å². The number of benzene rings is 2. The van der Waals surface area contributed by atoms with E-state index in [9.17, 15) is 14.4 Å². The Morgan fingerprint density at radius 1 is 1.00 bits per heavy atom. The molecule has 0 saturated carbocycles. The first-order chi connectivity index (χ1) is 19.8. The highest BCUT2D eigenvalue weighted by molar-refractivity contribution is 5.98. The summed E-state index contributed by atoms with van der Waals surface area (Å²) in [7, 11) is 0. The fourth-order valence-electron chi connectivity index (χ4n) is 4.90. The molecular formula is C29H30N6O6. The topological polar surface area (TPSA) is 138 Å². The lowest BCUT2D eigenvalue weighted by Gasteiger charge is -2.22. The summed E-state index contributed by atoms with van der Waals surface area (Å²) in [4.78, 5) is 52.1. The number of aromatic nitrogens is 4. The van der Waals surface area contributed by atoms with E-state index < -0.39 is 30.3 Å². The molecule has 4 atom stereocenters. The molecule has 2 amide bonds. The van der Waals surface area contributed by atoms with Crippen molar-refractivity contribution in [3.05, 3.63) is 67.0 Å². The molecule has 12 heteroatoms. The Bertz CT molecular complexity index is 1520. The maximum absolute atomic E-state index is 13.7. The van der Waals surface area contributed by atoms with E-state index in [0.717, 1.165) is 0 Å². The highest BCUT2D eigenvalue weighted by Gasteiger charge is 2.45. The van der Waals surface area contributed by atoms with Gasteiger partial charge in [-0.05, 0) is 30.7 Å². The van der Waals surface area contributed by atoms with Gasteiger partial charge in [0.1, 0.15) is 0 Å². The van der Waals surface area contributed by atoms with Crippen LogP contribution in [-0.4, -0.2) is 49.7 Å². The SMILES string of the molecule is CC[C@H]1O[C@@H](n2cnc3c(OC(=O)N(c4ccccc4)c4ccccc4)nc(NC(C)=O)nc32)[C@H](OC(C)=O)[C@@H]1C. The molecule has 1 aliphatic rings. The molecule has 12 nitrogen and oxygen atoms in total. The number of imidazole rings is 1. The Morgan fingerprint density at radius 3 is 2.20 bits per heavy atom. The molecule has 2 aromatic carbocycles. The predicted molar refractivity (Wildman–Crippen MR) is 150 cm³/mol. The van der Waals surface area contributed by atoms with Gasteiger partial charge < -0.3 is 14.2 Å². The van der Waals surface area contributed by atoms with Gasteiger partial charge in [0.05, 0.1) is 23.8 Å². The Balaban J connectivity index is 1.58. The van der Waals surface area contributed by atoms with Crippen LogP contribution in [0.2, 0.25) is 0 Å². The monoisotopic (exact) mass is 558 g/mol. The van der Waals surface area contributed by atoms with Gasteiger partial charge in [-0.1, -0.05) is 50.2 Å². The van der Waals surface area contributed by atoms with Crippen LogP contribution >= 0.6 is 0 Å². The number of hydrogen-bond acceptors (Lipinski definition) is 9. The fraction of sp³-hybridized carbons (Fsp3) is 0.310. The predicted octanol–water partition coefficient (Wildman–Crippen LogP) is 5.00. The summed E-state index contributed by atoms with van der Waals surface area (Å²) < 4.78 is 19.3. The Morgan fingerprint density at radius 2 is 1.63 bits per heavy atom. The fourth-order valence-corrected chi connectivity index (χ4v) is 4.90. The minimum absolute atomic E-state index is 0.0948. The van der Waals surface area contributed by atoms with Crippen molar-refractivity contribution in [3.8, 4) is 5.88 Å². The average molecular weight is 559 g/mol. The molecule has 41 heavy (non-hydrogen) atoms. The summed E-state index contributed by atoms with van der Waals surface area (Å²) >= 11 is 0. The lowest BCUT2D eigenvalue weighted by molar-refractivity contribution is -0.153. The van der Waals surface area contributed by atoms with Gasteiger partial charge in [0.25, 0.3) is 5.88 Å². The molecule has 0 spiro atoms. The number of amides is 2. The summed E-state index contributed by atoms with van der Waals surface area (Å²) in [6.45, 7) is 6.59. The van der Waals surface area contributed by atoms with E-state index in [1.54, 1.807) is 28.8 Å². The van der Waals surface area contributed by atoms with Crippen molar-refractivity contribution in [2.24, 2.45) is 5.92 Å². The third-order valence-corrected chi connectivity index (χ3v) is 6.75. The van der Waals surface area contributed by atoms with Gasteiger partial charge >= 0.3 is 12.1 Å². The van der Waals surface area contributed by atoms with Crippen molar-refractivity contribution in [3.63, 3.8) is 0 Å². The smallest absolute Gasteiger partial charge is 0.425 e. The van der Waals surface area contributed by atoms with E-state index in [-0.39, 0.29) is 35.0 Å². The Kier molecular flexibility index (Phi) is 7.92. The first-order valence-corrected chi connectivity index (χ1v) is 13.2. The van der Waals surface area contributed by atoms with E-state index >= 15 is 0 Å². The van der Waals surface area contributed by atoms with Gasteiger partial charge in [0, 0.05) is 19.8 Å². The van der Waals surface area contributed by atoms with Gasteiger partial charge in [-0.15, -0.1) is 0 Å². The van der Waals surface area contributed by atoms with Crippen LogP contribution in [0.15, 0.2) is 67.0 Å². The number of ether oxygens (including phenoxy) is 3. The number of nitrogens with zero attached hydrogens (tertiary/aromatic N) is 5. The molecule has 212 valence electrons. The molecule has 2 aromatic heterocycles. The highest BCUT2D eigenvalue weighted by atomic mass is 16.6. The van der Waals surface area contributed by atoms with Crippen LogP contribution in [-0.2, 0) is 19.1 Å². The van der Waals surface area contributed by atoms with Crippen molar-refractivity contribution >= 4 is 46.5 Å². The van der Waals surface area contributed by atoms with Crippen LogP contribution in [0.4, 0.5) is 22.1 Å². The molecular weight excluding hydrogens is 528 g/mol. The van der Waals surface area contributed by atoms with E-state index in [1.165, 1.54) is 25.1 Å². The molecule has 0 bridgehead atoms. The summed E-state index contributed by atoms with van der Waals surface area (Å²) in [5, 5.41) is 2.55. The van der Waals surface area contributed by atoms with Crippen molar-refractivity contribution in [2.75, 3.05) is 10.2 Å². The normalized spacial score (nSPS) is 20.0. The van der Waals surface area contributed by atoms with Gasteiger partial charge in [-0.2, -0.15) is 9.97 Å². The second-order valence-corrected chi connectivity index (χ2v) is 9.64. The zero-order chi connectivity index (χ0) is 29.1. The van der Waals surface area contributed by atoms with Gasteiger partial charge in [-0.25, -0.2) is 14.7 Å².